The van der Waals surface area contributed by atoms with Crippen molar-refractivity contribution in [1.29, 1.82) is 5.26 Å². The highest BCUT2D eigenvalue weighted by Crippen LogP contribution is 2.28. The molecule has 1 aliphatic heterocycles. The van der Waals surface area contributed by atoms with Crippen molar-refractivity contribution in [2.45, 2.75) is 13.5 Å². The molecule has 39 heavy (non-hydrogen) atoms. The molecule has 0 amide bonds. The normalized spacial score (nSPS) is 15.3. The van der Waals surface area contributed by atoms with Crippen LogP contribution in [-0.4, -0.2) is 63.8 Å². The molecule has 0 bridgehead atoms. The molecule has 198 valence electrons. The zero-order valence-electron chi connectivity index (χ0n) is 22.1. The topological polar surface area (TPSA) is 130 Å². The molecule has 1 fully saturated rings. The van der Waals surface area contributed by atoms with Gasteiger partial charge in [0, 0.05) is 69.5 Å². The zero-order valence-corrected chi connectivity index (χ0v) is 22.1. The van der Waals surface area contributed by atoms with E-state index in [2.05, 4.69) is 48.4 Å². The molecule has 10 nitrogen and oxygen atoms in total. The van der Waals surface area contributed by atoms with Crippen LogP contribution in [0, 0.1) is 16.7 Å². The van der Waals surface area contributed by atoms with Crippen LogP contribution in [0.1, 0.15) is 18.1 Å². The van der Waals surface area contributed by atoms with E-state index in [0.29, 0.717) is 13.2 Å². The lowest BCUT2D eigenvalue weighted by atomic mass is 9.84. The highest BCUT2D eigenvalue weighted by atomic mass is 16.5. The molecular weight excluding hydrogens is 490 g/mol. The lowest BCUT2D eigenvalue weighted by molar-refractivity contribution is 0.0477. The van der Waals surface area contributed by atoms with Crippen molar-refractivity contribution in [3.05, 3.63) is 78.5 Å². The molecule has 1 aromatic carbocycles. The largest absolute Gasteiger partial charge is 0.492 e. The summed E-state index contributed by atoms with van der Waals surface area (Å²) in [5, 5.41) is 12.5. The van der Waals surface area contributed by atoms with Crippen molar-refractivity contribution in [1.82, 2.24) is 24.3 Å². The molecule has 0 radical (unpaired) electrons. The van der Waals surface area contributed by atoms with Crippen LogP contribution in [0.3, 0.4) is 0 Å². The molecule has 3 aromatic heterocycles. The second kappa shape index (κ2) is 11.3. The van der Waals surface area contributed by atoms with Gasteiger partial charge in [0.2, 0.25) is 0 Å². The summed E-state index contributed by atoms with van der Waals surface area (Å²) in [4.78, 5) is 19.7. The number of pyridine rings is 1. The number of rotatable bonds is 10. The Balaban J connectivity index is 1.20. The Morgan fingerprint density at radius 3 is 2.77 bits per heavy atom. The molecule has 4 aromatic rings. The minimum absolute atomic E-state index is 0.218. The van der Waals surface area contributed by atoms with E-state index in [1.807, 2.05) is 47.9 Å². The van der Waals surface area contributed by atoms with E-state index in [1.165, 1.54) is 0 Å². The van der Waals surface area contributed by atoms with Crippen LogP contribution in [0.5, 0.6) is 5.75 Å². The Morgan fingerprint density at radius 2 is 2.03 bits per heavy atom. The number of imidazole rings is 1. The highest BCUT2D eigenvalue weighted by Gasteiger charge is 2.38. The third kappa shape index (κ3) is 5.89. The summed E-state index contributed by atoms with van der Waals surface area (Å²) in [6, 6.07) is 16.3. The first-order valence-electron chi connectivity index (χ1n) is 12.7. The van der Waals surface area contributed by atoms with Crippen LogP contribution in [0.15, 0.2) is 72.4 Å². The van der Waals surface area contributed by atoms with Gasteiger partial charge in [-0.3, -0.25) is 14.3 Å². The molecule has 4 heterocycles. The van der Waals surface area contributed by atoms with Gasteiger partial charge in [0.25, 0.3) is 0 Å². The average Bonchev–Trinajstić information content (AvgIpc) is 3.37. The quantitative estimate of drug-likeness (QED) is 0.303. The summed E-state index contributed by atoms with van der Waals surface area (Å²) in [6.07, 6.45) is 8.58. The van der Waals surface area contributed by atoms with E-state index >= 15 is 0 Å². The highest BCUT2D eigenvalue weighted by molar-refractivity contribution is 6.09. The summed E-state index contributed by atoms with van der Waals surface area (Å²) < 4.78 is 7.92. The number of likely N-dealkylation sites (tertiary alicyclic amines) is 1. The van der Waals surface area contributed by atoms with Gasteiger partial charge in [0.1, 0.15) is 30.1 Å². The van der Waals surface area contributed by atoms with E-state index in [4.69, 9.17) is 15.7 Å². The number of hydrogen-bond donors (Lipinski definition) is 2. The first-order chi connectivity index (χ1) is 19.0. The van der Waals surface area contributed by atoms with Crippen LogP contribution in [0.2, 0.25) is 0 Å². The summed E-state index contributed by atoms with van der Waals surface area (Å²) in [7, 11) is 1.72. The van der Waals surface area contributed by atoms with Crippen molar-refractivity contribution in [3.63, 3.8) is 0 Å². The minimum Gasteiger partial charge on any atom is -0.492 e. The van der Waals surface area contributed by atoms with Gasteiger partial charge in [0.05, 0.1) is 29.1 Å². The van der Waals surface area contributed by atoms with Crippen LogP contribution in [0.25, 0.3) is 22.6 Å². The maximum absolute atomic E-state index is 9.15. The van der Waals surface area contributed by atoms with E-state index in [9.17, 15) is 0 Å². The number of aliphatic imine (C=N–C) groups is 1. The zero-order chi connectivity index (χ0) is 27.2. The number of nitrogens with zero attached hydrogens (tertiary/aromatic N) is 7. The molecule has 0 aliphatic carbocycles. The number of benzene rings is 1. The first kappa shape index (κ1) is 25.9. The van der Waals surface area contributed by atoms with E-state index in [1.54, 1.807) is 32.0 Å². The van der Waals surface area contributed by atoms with Crippen LogP contribution in [-0.2, 0) is 6.54 Å². The Bertz CT molecular complexity index is 1540. The minimum atomic E-state index is -0.218. The molecule has 1 saturated heterocycles. The SMILES string of the molecule is CN=C/C(=C\N)c1ccc(CNc2cc(-c3cnc4cc(OCCN5CC(C)(C#N)C5)ccn34)ncn2)cc1. The number of allylic oxidation sites excluding steroid dienone is 1. The summed E-state index contributed by atoms with van der Waals surface area (Å²) in [6.45, 7) is 5.54. The number of nitrogens with one attached hydrogen (secondary N) is 1. The average molecular weight is 522 g/mol. The fourth-order valence-electron chi connectivity index (χ4n) is 4.66. The number of anilines is 1. The van der Waals surface area contributed by atoms with Crippen molar-refractivity contribution in [3.8, 4) is 23.2 Å². The molecule has 0 spiro atoms. The molecule has 10 heteroatoms. The predicted molar refractivity (Wildman–Crippen MR) is 152 cm³/mol. The number of hydrogen-bond acceptors (Lipinski definition) is 9. The number of aromatic nitrogens is 4. The summed E-state index contributed by atoms with van der Waals surface area (Å²) in [5.41, 5.74) is 10.9. The predicted octanol–water partition coefficient (Wildman–Crippen LogP) is 3.63. The summed E-state index contributed by atoms with van der Waals surface area (Å²) >= 11 is 0. The van der Waals surface area contributed by atoms with Gasteiger partial charge in [-0.1, -0.05) is 24.3 Å². The van der Waals surface area contributed by atoms with Crippen LogP contribution in [0.4, 0.5) is 5.82 Å². The fraction of sp³-hybridized carbons (Fsp3) is 0.276. The van der Waals surface area contributed by atoms with Gasteiger partial charge >= 0.3 is 0 Å². The number of nitrogens with two attached hydrogens (primary N) is 1. The maximum atomic E-state index is 9.15. The van der Waals surface area contributed by atoms with Gasteiger partial charge in [-0.25, -0.2) is 15.0 Å². The van der Waals surface area contributed by atoms with Crippen molar-refractivity contribution < 1.29 is 4.74 Å². The lowest BCUT2D eigenvalue weighted by Crippen LogP contribution is -2.54. The molecule has 0 atom stereocenters. The Morgan fingerprint density at radius 1 is 1.21 bits per heavy atom. The third-order valence-electron chi connectivity index (χ3n) is 6.71. The molecular formula is C29H31N9O. The molecule has 5 rings (SSSR count). The Kier molecular flexibility index (Phi) is 7.52. The molecule has 3 N–H and O–H groups in total. The van der Waals surface area contributed by atoms with E-state index < -0.39 is 0 Å². The number of nitriles is 1. The van der Waals surface area contributed by atoms with Crippen molar-refractivity contribution in [2.75, 3.05) is 38.6 Å². The van der Waals surface area contributed by atoms with Crippen LogP contribution < -0.4 is 15.8 Å². The molecule has 1 aliphatic rings. The lowest BCUT2D eigenvalue weighted by Gasteiger charge is -2.43. The summed E-state index contributed by atoms with van der Waals surface area (Å²) in [5.74, 6) is 1.48. The first-order valence-corrected chi connectivity index (χ1v) is 12.7. The fourth-order valence-corrected chi connectivity index (χ4v) is 4.66. The van der Waals surface area contributed by atoms with E-state index in [0.717, 1.165) is 64.9 Å². The Hall–Kier alpha value is -4.75. The van der Waals surface area contributed by atoms with E-state index in [-0.39, 0.29) is 5.41 Å². The molecule has 0 saturated carbocycles. The standard InChI is InChI=1S/C29H31N9O/c1-29(17-31)18-37(19-29)9-10-39-24-7-8-38-26(16-34-28(38)11-24)25-12-27(36-20-35-25)33-14-21-3-5-22(6-4-21)23(13-30)15-32-2/h3-8,11-13,15-16,20H,9-10,14,18-19,30H2,1-2H3,(H,33,35,36)/b23-13+,32-15?. The van der Waals surface area contributed by atoms with Gasteiger partial charge in [-0.15, -0.1) is 0 Å². The monoisotopic (exact) mass is 521 g/mol. The number of fused-ring (bicyclic) bond motifs is 1. The smallest absolute Gasteiger partial charge is 0.140 e. The number of ether oxygens (including phenoxy) is 1. The van der Waals surface area contributed by atoms with Gasteiger partial charge in [-0.05, 0) is 24.1 Å². The van der Waals surface area contributed by atoms with Crippen LogP contribution >= 0.6 is 0 Å². The second-order valence-corrected chi connectivity index (χ2v) is 9.81. The van der Waals surface area contributed by atoms with Gasteiger partial charge in [-0.2, -0.15) is 5.26 Å². The second-order valence-electron chi connectivity index (χ2n) is 9.81. The van der Waals surface area contributed by atoms with Crippen molar-refractivity contribution >= 4 is 23.3 Å². The molecule has 0 unspecified atom stereocenters. The van der Waals surface area contributed by atoms with Crippen molar-refractivity contribution in [2.24, 2.45) is 16.1 Å². The third-order valence-corrected chi connectivity index (χ3v) is 6.71. The Labute approximate surface area is 227 Å². The maximum Gasteiger partial charge on any atom is 0.140 e. The van der Waals surface area contributed by atoms with Gasteiger partial charge in [0.15, 0.2) is 0 Å². The van der Waals surface area contributed by atoms with Gasteiger partial charge < -0.3 is 15.8 Å².